The molecule has 2 aromatic rings. The Morgan fingerprint density at radius 2 is 1.89 bits per heavy atom. The van der Waals surface area contributed by atoms with Crippen molar-refractivity contribution in [2.24, 2.45) is 0 Å². The lowest BCUT2D eigenvalue weighted by Gasteiger charge is -2.33. The van der Waals surface area contributed by atoms with E-state index in [-0.39, 0.29) is 24.0 Å². The van der Waals surface area contributed by atoms with E-state index in [0.29, 0.717) is 31.2 Å². The van der Waals surface area contributed by atoms with Gasteiger partial charge in [-0.05, 0) is 39.2 Å². The highest BCUT2D eigenvalue weighted by molar-refractivity contribution is 7.89. The fraction of sp³-hybridized carbons (Fsp3) is 0.611. The summed E-state index contributed by atoms with van der Waals surface area (Å²) < 4.78 is 30.9. The standard InChI is InChI=1S/C18H26N6O3S/c1-3-21-13-17(19-14(21)2)28(26,27)23-10-8-22(9-11-23)18(25)16-12-15-6-4-5-7-24(15)20-16/h12-13H,3-11H2,1-2H3. The molecule has 0 atom stereocenters. The number of carbonyl (C=O) groups is 1. The molecule has 0 unspecified atom stereocenters. The first kappa shape index (κ1) is 19.1. The molecule has 4 heterocycles. The van der Waals surface area contributed by atoms with Gasteiger partial charge in [0.2, 0.25) is 0 Å². The number of sulfonamides is 1. The average Bonchev–Trinajstić information content (AvgIpc) is 3.31. The zero-order valence-electron chi connectivity index (χ0n) is 16.3. The monoisotopic (exact) mass is 406 g/mol. The van der Waals surface area contributed by atoms with E-state index in [9.17, 15) is 13.2 Å². The van der Waals surface area contributed by atoms with E-state index in [4.69, 9.17) is 0 Å². The second-order valence-corrected chi connectivity index (χ2v) is 9.19. The van der Waals surface area contributed by atoms with Crippen molar-refractivity contribution in [2.75, 3.05) is 26.2 Å². The Balaban J connectivity index is 1.43. The number of nitrogens with zero attached hydrogens (tertiary/aromatic N) is 6. The Hall–Kier alpha value is -2.20. The summed E-state index contributed by atoms with van der Waals surface area (Å²) >= 11 is 0. The molecule has 9 nitrogen and oxygen atoms in total. The maximum Gasteiger partial charge on any atom is 0.274 e. The SMILES string of the molecule is CCn1cc(S(=O)(=O)N2CCN(C(=O)c3cc4n(n3)CCCC4)CC2)nc1C. The summed E-state index contributed by atoms with van der Waals surface area (Å²) in [5.41, 5.74) is 1.57. The average molecular weight is 407 g/mol. The fourth-order valence-electron chi connectivity index (χ4n) is 3.87. The summed E-state index contributed by atoms with van der Waals surface area (Å²) in [6, 6.07) is 1.88. The molecule has 152 valence electrons. The third-order valence-electron chi connectivity index (χ3n) is 5.56. The molecule has 1 amide bonds. The van der Waals surface area contributed by atoms with Gasteiger partial charge in [-0.25, -0.2) is 13.4 Å². The molecule has 0 aromatic carbocycles. The second-order valence-electron chi connectivity index (χ2n) is 7.31. The lowest BCUT2D eigenvalue weighted by molar-refractivity contribution is 0.0691. The van der Waals surface area contributed by atoms with Crippen LogP contribution >= 0.6 is 0 Å². The van der Waals surface area contributed by atoms with E-state index < -0.39 is 10.0 Å². The van der Waals surface area contributed by atoms with Crippen LogP contribution in [0.5, 0.6) is 0 Å². The second kappa shape index (κ2) is 7.32. The normalized spacial score (nSPS) is 18.3. The van der Waals surface area contributed by atoms with Gasteiger partial charge < -0.3 is 9.47 Å². The van der Waals surface area contributed by atoms with Crippen molar-refractivity contribution >= 4 is 15.9 Å². The molecule has 1 fully saturated rings. The van der Waals surface area contributed by atoms with Crippen LogP contribution in [0, 0.1) is 6.92 Å². The van der Waals surface area contributed by atoms with Crippen LogP contribution in [0.4, 0.5) is 0 Å². The van der Waals surface area contributed by atoms with Gasteiger partial charge in [0.05, 0.1) is 0 Å². The molecule has 1 saturated heterocycles. The Bertz CT molecular complexity index is 962. The fourth-order valence-corrected chi connectivity index (χ4v) is 5.29. The van der Waals surface area contributed by atoms with E-state index in [1.54, 1.807) is 18.0 Å². The van der Waals surface area contributed by atoms with E-state index in [1.807, 2.05) is 22.2 Å². The van der Waals surface area contributed by atoms with Gasteiger partial charge in [-0.2, -0.15) is 9.40 Å². The van der Waals surface area contributed by atoms with Gasteiger partial charge in [0.1, 0.15) is 5.82 Å². The van der Waals surface area contributed by atoms with E-state index in [1.165, 1.54) is 4.31 Å². The third-order valence-corrected chi connectivity index (χ3v) is 7.33. The third kappa shape index (κ3) is 3.35. The van der Waals surface area contributed by atoms with Crippen LogP contribution in [0.2, 0.25) is 0 Å². The minimum Gasteiger partial charge on any atom is -0.335 e. The molecule has 2 aliphatic rings. The molecule has 4 rings (SSSR count). The number of rotatable bonds is 4. The number of amides is 1. The molecule has 0 aliphatic carbocycles. The lowest BCUT2D eigenvalue weighted by Crippen LogP contribution is -2.50. The summed E-state index contributed by atoms with van der Waals surface area (Å²) in [5, 5.41) is 4.52. The van der Waals surface area contributed by atoms with Gasteiger partial charge >= 0.3 is 0 Å². The van der Waals surface area contributed by atoms with Gasteiger partial charge in [-0.3, -0.25) is 9.48 Å². The predicted molar refractivity (Wildman–Crippen MR) is 102 cm³/mol. The van der Waals surface area contributed by atoms with Crippen molar-refractivity contribution in [3.8, 4) is 0 Å². The number of carbonyl (C=O) groups excluding carboxylic acids is 1. The molecule has 0 spiro atoms. The number of hydrogen-bond acceptors (Lipinski definition) is 5. The first-order chi connectivity index (χ1) is 13.4. The lowest BCUT2D eigenvalue weighted by atomic mass is 10.1. The van der Waals surface area contributed by atoms with Crippen molar-refractivity contribution in [1.29, 1.82) is 0 Å². The number of piperazine rings is 1. The molecular weight excluding hydrogens is 380 g/mol. The number of imidazole rings is 1. The van der Waals surface area contributed by atoms with Gasteiger partial charge in [-0.15, -0.1) is 0 Å². The van der Waals surface area contributed by atoms with Gasteiger partial charge in [0, 0.05) is 51.2 Å². The quantitative estimate of drug-likeness (QED) is 0.752. The molecule has 0 N–H and O–H groups in total. The van der Waals surface area contributed by atoms with Crippen LogP contribution in [-0.2, 0) is 29.5 Å². The summed E-state index contributed by atoms with van der Waals surface area (Å²) in [4.78, 5) is 18.7. The minimum absolute atomic E-state index is 0.0772. The Kier molecular flexibility index (Phi) is 5.00. The molecule has 10 heteroatoms. The van der Waals surface area contributed by atoms with Crippen LogP contribution in [0.25, 0.3) is 0 Å². The summed E-state index contributed by atoms with van der Waals surface area (Å²) in [6.07, 6.45) is 4.75. The van der Waals surface area contributed by atoms with Gasteiger partial charge in [0.25, 0.3) is 15.9 Å². The smallest absolute Gasteiger partial charge is 0.274 e. The van der Waals surface area contributed by atoms with Crippen molar-refractivity contribution in [3.63, 3.8) is 0 Å². The first-order valence-electron chi connectivity index (χ1n) is 9.80. The van der Waals surface area contributed by atoms with Crippen LogP contribution in [0.15, 0.2) is 17.3 Å². The van der Waals surface area contributed by atoms with Crippen molar-refractivity contribution in [2.45, 2.75) is 51.2 Å². The van der Waals surface area contributed by atoms with E-state index >= 15 is 0 Å². The number of hydrogen-bond donors (Lipinski definition) is 0. The summed E-state index contributed by atoms with van der Waals surface area (Å²) in [6.45, 7) is 6.51. The molecule has 0 radical (unpaired) electrons. The largest absolute Gasteiger partial charge is 0.335 e. The van der Waals surface area contributed by atoms with Crippen molar-refractivity contribution < 1.29 is 13.2 Å². The maximum absolute atomic E-state index is 12.9. The van der Waals surface area contributed by atoms with Gasteiger partial charge in [0.15, 0.2) is 10.7 Å². The Morgan fingerprint density at radius 1 is 1.14 bits per heavy atom. The first-order valence-corrected chi connectivity index (χ1v) is 11.2. The zero-order chi connectivity index (χ0) is 19.9. The zero-order valence-corrected chi connectivity index (χ0v) is 17.2. The van der Waals surface area contributed by atoms with Crippen LogP contribution in [0.1, 0.15) is 41.8 Å². The molecule has 2 aliphatic heterocycles. The topological polar surface area (TPSA) is 93.3 Å². The van der Waals surface area contributed by atoms with E-state index in [0.717, 1.165) is 31.5 Å². The Labute approximate surface area is 165 Å². The predicted octanol–water partition coefficient (Wildman–Crippen LogP) is 0.891. The molecular formula is C18H26N6O3S. The molecule has 2 aromatic heterocycles. The summed E-state index contributed by atoms with van der Waals surface area (Å²) in [7, 11) is -3.65. The number of fused-ring (bicyclic) bond motifs is 1. The van der Waals surface area contributed by atoms with Crippen molar-refractivity contribution in [3.05, 3.63) is 29.5 Å². The van der Waals surface area contributed by atoms with Crippen LogP contribution in [-0.4, -0.2) is 69.0 Å². The van der Waals surface area contributed by atoms with Crippen molar-refractivity contribution in [1.82, 2.24) is 28.5 Å². The van der Waals surface area contributed by atoms with Crippen LogP contribution in [0.3, 0.4) is 0 Å². The van der Waals surface area contributed by atoms with E-state index in [2.05, 4.69) is 10.1 Å². The highest BCUT2D eigenvalue weighted by Crippen LogP contribution is 2.20. The van der Waals surface area contributed by atoms with Gasteiger partial charge in [-0.1, -0.05) is 0 Å². The van der Waals surface area contributed by atoms with Crippen LogP contribution < -0.4 is 0 Å². The summed E-state index contributed by atoms with van der Waals surface area (Å²) in [5.74, 6) is 0.559. The highest BCUT2D eigenvalue weighted by Gasteiger charge is 2.33. The molecule has 0 bridgehead atoms. The Morgan fingerprint density at radius 3 is 2.54 bits per heavy atom. The molecule has 28 heavy (non-hydrogen) atoms. The minimum atomic E-state index is -3.65. The number of aryl methyl sites for hydroxylation is 4. The highest BCUT2D eigenvalue weighted by atomic mass is 32.2. The maximum atomic E-state index is 12.9. The number of aromatic nitrogens is 4. The molecule has 0 saturated carbocycles.